The summed E-state index contributed by atoms with van der Waals surface area (Å²) >= 11 is 3.61. The molecule has 0 aliphatic rings. The van der Waals surface area contributed by atoms with Gasteiger partial charge in [-0.2, -0.15) is 0 Å². The Hall–Kier alpha value is -1.00. The molecule has 0 saturated heterocycles. The molecule has 0 N–H and O–H groups in total. The van der Waals surface area contributed by atoms with Crippen LogP contribution in [0.15, 0.2) is 30.3 Å². The maximum absolute atomic E-state index is 11.4. The van der Waals surface area contributed by atoms with Gasteiger partial charge >= 0.3 is 5.97 Å². The number of hydrogen-bond acceptors (Lipinski definition) is 4. The molecule has 76 valence electrons. The Kier molecular flexibility index (Phi) is 4.49. The quantitative estimate of drug-likeness (QED) is 0.360. The van der Waals surface area contributed by atoms with Gasteiger partial charge in [0.15, 0.2) is 0 Å². The highest BCUT2D eigenvalue weighted by Gasteiger charge is 2.12. The molecule has 0 saturated carbocycles. The van der Waals surface area contributed by atoms with Gasteiger partial charge in [0.1, 0.15) is 0 Å². The molecule has 1 aromatic rings. The zero-order chi connectivity index (χ0) is 10.4. The van der Waals surface area contributed by atoms with Crippen LogP contribution < -0.4 is 0 Å². The van der Waals surface area contributed by atoms with Crippen molar-refractivity contribution >= 4 is 18.9 Å². The molecule has 0 fully saturated rings. The second kappa shape index (κ2) is 5.67. The number of hydrogen-bond donors (Lipinski definition) is 1. The number of ether oxygens (including phenoxy) is 1. The molecule has 4 heteroatoms. The SMILES string of the molecule is CCC(OS)OC(=O)c1ccccc1. The molecular weight excluding hydrogens is 200 g/mol. The van der Waals surface area contributed by atoms with E-state index in [0.717, 1.165) is 0 Å². The summed E-state index contributed by atoms with van der Waals surface area (Å²) in [6.45, 7) is 1.85. The molecule has 0 spiro atoms. The van der Waals surface area contributed by atoms with Gasteiger partial charge in [0.2, 0.25) is 6.29 Å². The van der Waals surface area contributed by atoms with Crippen LogP contribution in [-0.2, 0) is 8.92 Å². The van der Waals surface area contributed by atoms with Crippen LogP contribution in [0, 0.1) is 0 Å². The zero-order valence-corrected chi connectivity index (χ0v) is 8.74. The van der Waals surface area contributed by atoms with Gasteiger partial charge in [-0.15, -0.1) is 0 Å². The highest BCUT2D eigenvalue weighted by molar-refractivity contribution is 7.75. The summed E-state index contributed by atoms with van der Waals surface area (Å²) in [5.41, 5.74) is 0.510. The van der Waals surface area contributed by atoms with Crippen molar-refractivity contribution in [2.75, 3.05) is 0 Å². The predicted octanol–water partition coefficient (Wildman–Crippen LogP) is 2.44. The molecule has 1 rings (SSSR count). The van der Waals surface area contributed by atoms with Crippen molar-refractivity contribution in [1.29, 1.82) is 0 Å². The normalized spacial score (nSPS) is 12.1. The van der Waals surface area contributed by atoms with E-state index >= 15 is 0 Å². The fraction of sp³-hybridized carbons (Fsp3) is 0.300. The molecule has 1 aromatic carbocycles. The largest absolute Gasteiger partial charge is 0.431 e. The molecule has 0 radical (unpaired) electrons. The third-order valence-electron chi connectivity index (χ3n) is 1.70. The Morgan fingerprint density at radius 3 is 2.57 bits per heavy atom. The first-order valence-electron chi connectivity index (χ1n) is 4.34. The van der Waals surface area contributed by atoms with Gasteiger partial charge in [-0.1, -0.05) is 25.1 Å². The van der Waals surface area contributed by atoms with Crippen molar-refractivity contribution in [3.8, 4) is 0 Å². The Labute approximate surface area is 88.6 Å². The molecule has 0 heterocycles. The van der Waals surface area contributed by atoms with Gasteiger partial charge in [0, 0.05) is 6.42 Å². The smallest absolute Gasteiger partial charge is 0.340 e. The third-order valence-corrected chi connectivity index (χ3v) is 1.93. The third kappa shape index (κ3) is 3.05. The lowest BCUT2D eigenvalue weighted by Gasteiger charge is -2.12. The summed E-state index contributed by atoms with van der Waals surface area (Å²) in [6, 6.07) is 8.77. The molecule has 0 amide bonds. The molecular formula is C10H12O3S. The lowest BCUT2D eigenvalue weighted by atomic mass is 10.2. The van der Waals surface area contributed by atoms with Crippen molar-refractivity contribution < 1.29 is 13.7 Å². The highest BCUT2D eigenvalue weighted by Crippen LogP contribution is 2.07. The van der Waals surface area contributed by atoms with E-state index in [-0.39, 0.29) is 0 Å². The Bertz CT molecular complexity index is 283. The standard InChI is InChI=1S/C10H12O3S/c1-2-9(13-14)12-10(11)8-6-4-3-5-7-8/h3-7,9,14H,2H2,1H3. The molecule has 0 aliphatic heterocycles. The van der Waals surface area contributed by atoms with Gasteiger partial charge in [-0.25, -0.2) is 4.79 Å². The van der Waals surface area contributed by atoms with Crippen molar-refractivity contribution in [1.82, 2.24) is 0 Å². The zero-order valence-electron chi connectivity index (χ0n) is 7.84. The topological polar surface area (TPSA) is 35.5 Å². The number of esters is 1. The average Bonchev–Trinajstić information content (AvgIpc) is 2.26. The predicted molar refractivity (Wildman–Crippen MR) is 56.0 cm³/mol. The maximum atomic E-state index is 11.4. The second-order valence-corrected chi connectivity index (χ2v) is 2.93. The van der Waals surface area contributed by atoms with Gasteiger partial charge in [-0.3, -0.25) is 4.18 Å². The molecule has 0 bridgehead atoms. The summed E-state index contributed by atoms with van der Waals surface area (Å²) < 4.78 is 9.64. The Morgan fingerprint density at radius 2 is 2.07 bits per heavy atom. The van der Waals surface area contributed by atoms with Crippen LogP contribution in [0.25, 0.3) is 0 Å². The van der Waals surface area contributed by atoms with Gasteiger partial charge in [0.05, 0.1) is 5.56 Å². The summed E-state index contributed by atoms with van der Waals surface area (Å²) in [5.74, 6) is -0.397. The minimum Gasteiger partial charge on any atom is -0.431 e. The number of benzene rings is 1. The minimum absolute atomic E-state index is 0.397. The maximum Gasteiger partial charge on any atom is 0.340 e. The Morgan fingerprint density at radius 1 is 1.43 bits per heavy atom. The lowest BCUT2D eigenvalue weighted by Crippen LogP contribution is -2.17. The van der Waals surface area contributed by atoms with E-state index < -0.39 is 12.3 Å². The van der Waals surface area contributed by atoms with Crippen LogP contribution in [0.1, 0.15) is 23.7 Å². The number of carbonyl (C=O) groups excluding carboxylic acids is 1. The first-order valence-corrected chi connectivity index (χ1v) is 4.70. The number of carbonyl (C=O) groups is 1. The van der Waals surface area contributed by atoms with Crippen molar-refractivity contribution in [3.05, 3.63) is 35.9 Å². The van der Waals surface area contributed by atoms with Crippen LogP contribution in [0.3, 0.4) is 0 Å². The van der Waals surface area contributed by atoms with Crippen molar-refractivity contribution in [3.63, 3.8) is 0 Å². The van der Waals surface area contributed by atoms with E-state index in [2.05, 4.69) is 17.1 Å². The summed E-state index contributed by atoms with van der Waals surface area (Å²) in [5, 5.41) is 0. The van der Waals surface area contributed by atoms with E-state index in [0.29, 0.717) is 12.0 Å². The van der Waals surface area contributed by atoms with Crippen molar-refractivity contribution in [2.24, 2.45) is 0 Å². The minimum atomic E-state index is -0.592. The lowest BCUT2D eigenvalue weighted by molar-refractivity contribution is -0.0385. The van der Waals surface area contributed by atoms with Crippen LogP contribution in [-0.4, -0.2) is 12.3 Å². The molecule has 1 atom stereocenters. The molecule has 3 nitrogen and oxygen atoms in total. The van der Waals surface area contributed by atoms with Gasteiger partial charge in [0.25, 0.3) is 0 Å². The summed E-state index contributed by atoms with van der Waals surface area (Å²) in [4.78, 5) is 11.4. The second-order valence-electron chi connectivity index (χ2n) is 2.71. The van der Waals surface area contributed by atoms with E-state index in [1.54, 1.807) is 24.3 Å². The van der Waals surface area contributed by atoms with Crippen molar-refractivity contribution in [2.45, 2.75) is 19.6 Å². The molecule has 1 unspecified atom stereocenters. The van der Waals surface area contributed by atoms with Crippen LogP contribution in [0.5, 0.6) is 0 Å². The Balaban J connectivity index is 2.59. The van der Waals surface area contributed by atoms with Gasteiger partial charge in [-0.05, 0) is 25.0 Å². The van der Waals surface area contributed by atoms with Crippen LogP contribution >= 0.6 is 12.9 Å². The first kappa shape index (κ1) is 11.1. The molecule has 14 heavy (non-hydrogen) atoms. The fourth-order valence-corrected chi connectivity index (χ4v) is 1.13. The van der Waals surface area contributed by atoms with Gasteiger partial charge < -0.3 is 4.74 Å². The average molecular weight is 212 g/mol. The summed E-state index contributed by atoms with van der Waals surface area (Å²) in [6.07, 6.45) is -0.0201. The monoisotopic (exact) mass is 212 g/mol. The summed E-state index contributed by atoms with van der Waals surface area (Å²) in [7, 11) is 0. The number of thiol groups is 1. The van der Waals surface area contributed by atoms with E-state index in [9.17, 15) is 4.79 Å². The van der Waals surface area contributed by atoms with Crippen LogP contribution in [0.4, 0.5) is 0 Å². The highest BCUT2D eigenvalue weighted by atomic mass is 32.1. The fourth-order valence-electron chi connectivity index (χ4n) is 0.941. The van der Waals surface area contributed by atoms with E-state index in [1.165, 1.54) is 0 Å². The van der Waals surface area contributed by atoms with E-state index in [1.807, 2.05) is 13.0 Å². The molecule has 0 aliphatic carbocycles. The first-order chi connectivity index (χ1) is 6.77. The molecule has 0 aromatic heterocycles. The van der Waals surface area contributed by atoms with E-state index in [4.69, 9.17) is 4.74 Å². The number of rotatable bonds is 4. The van der Waals surface area contributed by atoms with Crippen LogP contribution in [0.2, 0.25) is 0 Å².